The highest BCUT2D eigenvalue weighted by Gasteiger charge is 2.46. The number of benzene rings is 2. The van der Waals surface area contributed by atoms with Gasteiger partial charge in [0.2, 0.25) is 5.91 Å². The molecule has 1 fully saturated rings. The van der Waals surface area contributed by atoms with Crippen molar-refractivity contribution in [3.63, 3.8) is 0 Å². The normalized spacial score (nSPS) is 25.4. The minimum atomic E-state index is -0.0423. The molecule has 0 aromatic heterocycles. The molecular weight excluding hydrogens is 400 g/mol. The first-order valence-corrected chi connectivity index (χ1v) is 12.0. The third-order valence-electron chi connectivity index (χ3n) is 7.59. The number of piperidine rings is 1. The van der Waals surface area contributed by atoms with Gasteiger partial charge < -0.3 is 9.64 Å². The highest BCUT2D eigenvalue weighted by atomic mass is 16.5. The SMILES string of the molecule is CCOC(=O)C1CCN(C2CCC3c4c2cccc4N(C(C)=O)C3c2ccccc2)CC1. The molecule has 1 saturated heterocycles. The lowest BCUT2D eigenvalue weighted by molar-refractivity contribution is -0.149. The van der Waals surface area contributed by atoms with Crippen LogP contribution in [-0.4, -0.2) is 36.5 Å². The van der Waals surface area contributed by atoms with Crippen molar-refractivity contribution in [2.75, 3.05) is 24.6 Å². The second-order valence-corrected chi connectivity index (χ2v) is 9.29. The fourth-order valence-electron chi connectivity index (χ4n) is 6.24. The van der Waals surface area contributed by atoms with E-state index >= 15 is 0 Å². The van der Waals surface area contributed by atoms with Crippen LogP contribution in [0.4, 0.5) is 5.69 Å². The van der Waals surface area contributed by atoms with Crippen LogP contribution in [0.1, 0.15) is 74.2 Å². The quantitative estimate of drug-likeness (QED) is 0.639. The summed E-state index contributed by atoms with van der Waals surface area (Å²) in [5, 5.41) is 0. The van der Waals surface area contributed by atoms with E-state index in [1.54, 1.807) is 6.92 Å². The summed E-state index contributed by atoms with van der Waals surface area (Å²) in [5.74, 6) is 0.424. The van der Waals surface area contributed by atoms with Gasteiger partial charge in [-0.15, -0.1) is 0 Å². The number of likely N-dealkylation sites (tertiary alicyclic amines) is 1. The Bertz CT molecular complexity index is 997. The second kappa shape index (κ2) is 8.70. The van der Waals surface area contributed by atoms with Gasteiger partial charge in [-0.25, -0.2) is 0 Å². The summed E-state index contributed by atoms with van der Waals surface area (Å²) in [6.45, 7) is 5.84. The molecule has 2 aromatic rings. The summed E-state index contributed by atoms with van der Waals surface area (Å²) in [7, 11) is 0. The molecule has 5 heteroatoms. The van der Waals surface area contributed by atoms with Gasteiger partial charge in [-0.05, 0) is 68.5 Å². The molecule has 2 aliphatic heterocycles. The van der Waals surface area contributed by atoms with Crippen molar-refractivity contribution in [3.05, 3.63) is 65.2 Å². The van der Waals surface area contributed by atoms with Crippen molar-refractivity contribution in [3.8, 4) is 0 Å². The Kier molecular flexibility index (Phi) is 5.76. The minimum Gasteiger partial charge on any atom is -0.466 e. The lowest BCUT2D eigenvalue weighted by Gasteiger charge is -2.41. The monoisotopic (exact) mass is 432 g/mol. The van der Waals surface area contributed by atoms with E-state index in [-0.39, 0.29) is 23.8 Å². The third kappa shape index (κ3) is 3.53. The van der Waals surface area contributed by atoms with Crippen LogP contribution in [0.5, 0.6) is 0 Å². The fourth-order valence-corrected chi connectivity index (χ4v) is 6.24. The molecule has 3 atom stereocenters. The van der Waals surface area contributed by atoms with Crippen molar-refractivity contribution in [1.29, 1.82) is 0 Å². The number of rotatable bonds is 4. The summed E-state index contributed by atoms with van der Waals surface area (Å²) in [6.07, 6.45) is 3.87. The average molecular weight is 433 g/mol. The number of nitrogens with zero attached hydrogens (tertiary/aromatic N) is 2. The van der Waals surface area contributed by atoms with E-state index < -0.39 is 0 Å². The molecule has 1 aliphatic carbocycles. The number of esters is 1. The Morgan fingerprint density at radius 3 is 2.41 bits per heavy atom. The summed E-state index contributed by atoms with van der Waals surface area (Å²) in [4.78, 5) is 29.5. The van der Waals surface area contributed by atoms with Gasteiger partial charge in [0.05, 0.1) is 18.6 Å². The first-order chi connectivity index (χ1) is 15.6. The van der Waals surface area contributed by atoms with Gasteiger partial charge in [-0.2, -0.15) is 0 Å². The van der Waals surface area contributed by atoms with Gasteiger partial charge in [0.15, 0.2) is 0 Å². The molecular formula is C27H32N2O3. The van der Waals surface area contributed by atoms with E-state index in [1.807, 2.05) is 17.9 Å². The molecule has 168 valence electrons. The van der Waals surface area contributed by atoms with Crippen LogP contribution < -0.4 is 4.90 Å². The first kappa shape index (κ1) is 21.2. The zero-order valence-corrected chi connectivity index (χ0v) is 19.0. The summed E-state index contributed by atoms with van der Waals surface area (Å²) >= 11 is 0. The Morgan fingerprint density at radius 2 is 1.72 bits per heavy atom. The molecule has 5 nitrogen and oxygen atoms in total. The smallest absolute Gasteiger partial charge is 0.309 e. The van der Waals surface area contributed by atoms with E-state index in [9.17, 15) is 9.59 Å². The number of anilines is 1. The fraction of sp³-hybridized carbons (Fsp3) is 0.481. The highest BCUT2D eigenvalue weighted by Crippen LogP contribution is 2.57. The maximum atomic E-state index is 12.8. The molecule has 0 radical (unpaired) electrons. The molecule has 32 heavy (non-hydrogen) atoms. The van der Waals surface area contributed by atoms with E-state index in [0.29, 0.717) is 18.6 Å². The molecule has 1 amide bonds. The minimum absolute atomic E-state index is 0.0275. The van der Waals surface area contributed by atoms with Gasteiger partial charge >= 0.3 is 5.97 Å². The predicted octanol–water partition coefficient (Wildman–Crippen LogP) is 4.99. The van der Waals surface area contributed by atoms with Gasteiger partial charge in [-0.3, -0.25) is 14.5 Å². The van der Waals surface area contributed by atoms with Gasteiger partial charge in [0, 0.05) is 24.6 Å². The molecule has 2 aromatic carbocycles. The standard InChI is InChI=1S/C27H32N2O3/c1-3-32-27(31)20-14-16-28(17-15-20)23-13-12-22-25-21(23)10-7-11-24(25)29(18(2)30)26(22)19-8-5-4-6-9-19/h4-11,20,22-23,26H,3,12-17H2,1-2H3. The van der Waals surface area contributed by atoms with E-state index in [2.05, 4.69) is 47.4 Å². The van der Waals surface area contributed by atoms with Gasteiger partial charge in [-0.1, -0.05) is 42.5 Å². The zero-order chi connectivity index (χ0) is 22.2. The maximum absolute atomic E-state index is 12.8. The molecule has 0 saturated carbocycles. The van der Waals surface area contributed by atoms with Crippen LogP contribution in [-0.2, 0) is 14.3 Å². The number of hydrogen-bond acceptors (Lipinski definition) is 4. The lowest BCUT2D eigenvalue weighted by Crippen LogP contribution is -2.40. The number of amides is 1. The van der Waals surface area contributed by atoms with Crippen molar-refractivity contribution in [2.45, 2.75) is 57.5 Å². The number of carbonyl (C=O) groups excluding carboxylic acids is 2. The Morgan fingerprint density at radius 1 is 0.969 bits per heavy atom. The number of hydrogen-bond donors (Lipinski definition) is 0. The Balaban J connectivity index is 1.44. The lowest BCUT2D eigenvalue weighted by atomic mass is 9.76. The summed E-state index contributed by atoms with van der Waals surface area (Å²) in [5.41, 5.74) is 5.03. The van der Waals surface area contributed by atoms with Crippen molar-refractivity contribution in [2.24, 2.45) is 5.92 Å². The number of ether oxygens (including phenoxy) is 1. The molecule has 5 rings (SSSR count). The third-order valence-corrected chi connectivity index (χ3v) is 7.59. The second-order valence-electron chi connectivity index (χ2n) is 9.29. The predicted molar refractivity (Wildman–Crippen MR) is 124 cm³/mol. The Labute approximate surface area is 190 Å². The van der Waals surface area contributed by atoms with Crippen molar-refractivity contribution >= 4 is 17.6 Å². The summed E-state index contributed by atoms with van der Waals surface area (Å²) in [6, 6.07) is 17.4. The Hall–Kier alpha value is -2.66. The number of carbonyl (C=O) groups is 2. The van der Waals surface area contributed by atoms with Crippen molar-refractivity contribution in [1.82, 2.24) is 4.90 Å². The van der Waals surface area contributed by atoms with Crippen LogP contribution in [0.2, 0.25) is 0 Å². The van der Waals surface area contributed by atoms with Crippen LogP contribution in [0.3, 0.4) is 0 Å². The average Bonchev–Trinajstić information content (AvgIpc) is 3.16. The molecule has 2 heterocycles. The summed E-state index contributed by atoms with van der Waals surface area (Å²) < 4.78 is 5.25. The molecule has 0 bridgehead atoms. The van der Waals surface area contributed by atoms with Gasteiger partial charge in [0.1, 0.15) is 0 Å². The van der Waals surface area contributed by atoms with E-state index in [1.165, 1.54) is 16.7 Å². The van der Waals surface area contributed by atoms with E-state index in [0.717, 1.165) is 44.5 Å². The zero-order valence-electron chi connectivity index (χ0n) is 19.0. The van der Waals surface area contributed by atoms with Crippen molar-refractivity contribution < 1.29 is 14.3 Å². The molecule has 3 aliphatic rings. The van der Waals surface area contributed by atoms with Crippen LogP contribution in [0, 0.1) is 5.92 Å². The maximum Gasteiger partial charge on any atom is 0.309 e. The molecule has 3 unspecified atom stereocenters. The highest BCUT2D eigenvalue weighted by molar-refractivity contribution is 5.96. The van der Waals surface area contributed by atoms with Gasteiger partial charge in [0.25, 0.3) is 0 Å². The van der Waals surface area contributed by atoms with Crippen LogP contribution in [0.25, 0.3) is 0 Å². The first-order valence-electron chi connectivity index (χ1n) is 12.0. The van der Waals surface area contributed by atoms with Crippen LogP contribution >= 0.6 is 0 Å². The molecule has 0 spiro atoms. The molecule has 0 N–H and O–H groups in total. The largest absolute Gasteiger partial charge is 0.466 e. The van der Waals surface area contributed by atoms with E-state index in [4.69, 9.17) is 4.74 Å². The topological polar surface area (TPSA) is 49.9 Å². The van der Waals surface area contributed by atoms with Crippen LogP contribution in [0.15, 0.2) is 48.5 Å².